The minimum atomic E-state index is -0.744. The van der Waals surface area contributed by atoms with Crippen molar-refractivity contribution >= 4 is 12.4 Å². The van der Waals surface area contributed by atoms with E-state index in [-0.39, 0.29) is 23.9 Å². The Bertz CT molecular complexity index is 322. The molecule has 0 saturated carbocycles. The van der Waals surface area contributed by atoms with Crippen molar-refractivity contribution in [1.82, 2.24) is 5.32 Å². The maximum absolute atomic E-state index is 9.65. The SMILES string of the molecule is COCNCC(O)c1ccc(O)c(O)c1.Cl. The predicted molar refractivity (Wildman–Crippen MR) is 61.9 cm³/mol. The lowest BCUT2D eigenvalue weighted by atomic mass is 10.1. The van der Waals surface area contributed by atoms with Gasteiger partial charge in [0.25, 0.3) is 0 Å². The summed E-state index contributed by atoms with van der Waals surface area (Å²) in [4.78, 5) is 0. The van der Waals surface area contributed by atoms with Gasteiger partial charge in [-0.3, -0.25) is 5.32 Å². The largest absolute Gasteiger partial charge is 0.504 e. The number of hydrogen-bond donors (Lipinski definition) is 4. The van der Waals surface area contributed by atoms with E-state index in [2.05, 4.69) is 5.32 Å². The number of methoxy groups -OCH3 is 1. The molecule has 6 heteroatoms. The zero-order chi connectivity index (χ0) is 11.3. The van der Waals surface area contributed by atoms with E-state index in [0.29, 0.717) is 18.8 Å². The van der Waals surface area contributed by atoms with Crippen LogP contribution >= 0.6 is 12.4 Å². The van der Waals surface area contributed by atoms with E-state index in [1.54, 1.807) is 13.2 Å². The van der Waals surface area contributed by atoms with Crippen molar-refractivity contribution < 1.29 is 20.1 Å². The molecule has 0 amide bonds. The van der Waals surface area contributed by atoms with Crippen LogP contribution in [-0.2, 0) is 4.74 Å². The van der Waals surface area contributed by atoms with Crippen molar-refractivity contribution in [3.05, 3.63) is 23.8 Å². The molecule has 1 unspecified atom stereocenters. The van der Waals surface area contributed by atoms with Crippen molar-refractivity contribution in [1.29, 1.82) is 0 Å². The number of halogens is 1. The molecule has 0 heterocycles. The van der Waals surface area contributed by atoms with E-state index in [1.807, 2.05) is 0 Å². The number of aliphatic hydroxyl groups excluding tert-OH is 1. The van der Waals surface area contributed by atoms with Crippen LogP contribution in [0.1, 0.15) is 11.7 Å². The third kappa shape index (κ3) is 4.24. The molecule has 0 aliphatic rings. The Morgan fingerprint density at radius 2 is 2.00 bits per heavy atom. The number of benzene rings is 1. The number of aromatic hydroxyl groups is 2. The van der Waals surface area contributed by atoms with Crippen molar-refractivity contribution in [2.45, 2.75) is 6.10 Å². The molecule has 0 spiro atoms. The number of nitrogens with one attached hydrogen (secondary N) is 1. The lowest BCUT2D eigenvalue weighted by Gasteiger charge is -2.12. The second kappa shape index (κ2) is 7.29. The highest BCUT2D eigenvalue weighted by molar-refractivity contribution is 5.85. The van der Waals surface area contributed by atoms with Gasteiger partial charge in [0.2, 0.25) is 0 Å². The summed E-state index contributed by atoms with van der Waals surface area (Å²) >= 11 is 0. The van der Waals surface area contributed by atoms with Gasteiger partial charge in [0.15, 0.2) is 11.5 Å². The Labute approximate surface area is 100 Å². The standard InChI is InChI=1S/C10H15NO4.ClH/c1-15-6-11-5-10(14)7-2-3-8(12)9(13)4-7;/h2-4,10-14H,5-6H2,1H3;1H. The van der Waals surface area contributed by atoms with Crippen molar-refractivity contribution in [2.75, 3.05) is 20.4 Å². The Balaban J connectivity index is 0.00000225. The Morgan fingerprint density at radius 1 is 1.31 bits per heavy atom. The molecule has 5 nitrogen and oxygen atoms in total. The first-order valence-corrected chi connectivity index (χ1v) is 4.54. The summed E-state index contributed by atoms with van der Waals surface area (Å²) in [5.41, 5.74) is 0.536. The van der Waals surface area contributed by atoms with Gasteiger partial charge in [-0.05, 0) is 17.7 Å². The van der Waals surface area contributed by atoms with Gasteiger partial charge >= 0.3 is 0 Å². The van der Waals surface area contributed by atoms with Crippen LogP contribution in [0.25, 0.3) is 0 Å². The van der Waals surface area contributed by atoms with Crippen LogP contribution in [0.4, 0.5) is 0 Å². The lowest BCUT2D eigenvalue weighted by Crippen LogP contribution is -2.23. The molecule has 1 aromatic rings. The molecular weight excluding hydrogens is 234 g/mol. The Kier molecular flexibility index (Phi) is 6.83. The zero-order valence-corrected chi connectivity index (χ0v) is 9.70. The van der Waals surface area contributed by atoms with Crippen LogP contribution in [0.15, 0.2) is 18.2 Å². The number of phenols is 2. The molecule has 1 atom stereocenters. The van der Waals surface area contributed by atoms with Crippen LogP contribution in [-0.4, -0.2) is 35.7 Å². The summed E-state index contributed by atoms with van der Waals surface area (Å²) in [5.74, 6) is -0.436. The van der Waals surface area contributed by atoms with E-state index in [1.165, 1.54) is 12.1 Å². The Morgan fingerprint density at radius 3 is 2.56 bits per heavy atom. The number of phenolic OH excluding ortho intramolecular Hbond substituents is 2. The van der Waals surface area contributed by atoms with E-state index >= 15 is 0 Å². The highest BCUT2D eigenvalue weighted by Crippen LogP contribution is 2.27. The molecule has 0 aromatic heterocycles. The maximum Gasteiger partial charge on any atom is 0.157 e. The second-order valence-corrected chi connectivity index (χ2v) is 3.15. The minimum absolute atomic E-state index is 0. The van der Waals surface area contributed by atoms with Crippen LogP contribution in [0, 0.1) is 0 Å². The molecule has 0 saturated heterocycles. The summed E-state index contributed by atoms with van der Waals surface area (Å²) in [6.07, 6.45) is -0.744. The first-order valence-electron chi connectivity index (χ1n) is 4.54. The number of aliphatic hydroxyl groups is 1. The third-order valence-electron chi connectivity index (χ3n) is 1.97. The van der Waals surface area contributed by atoms with Gasteiger partial charge < -0.3 is 20.1 Å². The van der Waals surface area contributed by atoms with E-state index in [0.717, 1.165) is 0 Å². The average molecular weight is 250 g/mol. The van der Waals surface area contributed by atoms with Crippen LogP contribution in [0.2, 0.25) is 0 Å². The van der Waals surface area contributed by atoms with Gasteiger partial charge in [0.05, 0.1) is 12.8 Å². The molecule has 92 valence electrons. The zero-order valence-electron chi connectivity index (χ0n) is 8.88. The van der Waals surface area contributed by atoms with Gasteiger partial charge in [-0.15, -0.1) is 12.4 Å². The fourth-order valence-electron chi connectivity index (χ4n) is 1.16. The average Bonchev–Trinajstić information content (AvgIpc) is 2.22. The van der Waals surface area contributed by atoms with Crippen LogP contribution in [0.5, 0.6) is 11.5 Å². The summed E-state index contributed by atoms with van der Waals surface area (Å²) in [5, 5.41) is 30.8. The fourth-order valence-corrected chi connectivity index (χ4v) is 1.16. The molecular formula is C10H16ClNO4. The highest BCUT2D eigenvalue weighted by atomic mass is 35.5. The topological polar surface area (TPSA) is 82.0 Å². The van der Waals surface area contributed by atoms with Crippen molar-refractivity contribution in [3.63, 3.8) is 0 Å². The molecule has 1 aromatic carbocycles. The monoisotopic (exact) mass is 249 g/mol. The van der Waals surface area contributed by atoms with Gasteiger partial charge in [0.1, 0.15) is 0 Å². The molecule has 4 N–H and O–H groups in total. The second-order valence-electron chi connectivity index (χ2n) is 3.15. The smallest absolute Gasteiger partial charge is 0.157 e. The lowest BCUT2D eigenvalue weighted by molar-refractivity contribution is 0.132. The highest BCUT2D eigenvalue weighted by Gasteiger charge is 2.09. The summed E-state index contributed by atoms with van der Waals surface area (Å²) in [7, 11) is 1.55. The number of rotatable bonds is 5. The molecule has 0 bridgehead atoms. The van der Waals surface area contributed by atoms with Crippen molar-refractivity contribution in [3.8, 4) is 11.5 Å². The van der Waals surface area contributed by atoms with E-state index in [4.69, 9.17) is 9.84 Å². The molecule has 0 aliphatic carbocycles. The summed E-state index contributed by atoms with van der Waals surface area (Å²) < 4.78 is 4.76. The minimum Gasteiger partial charge on any atom is -0.504 e. The molecule has 1 rings (SSSR count). The van der Waals surface area contributed by atoms with Gasteiger partial charge in [-0.1, -0.05) is 6.07 Å². The summed E-state index contributed by atoms with van der Waals surface area (Å²) in [6, 6.07) is 4.22. The van der Waals surface area contributed by atoms with Crippen LogP contribution < -0.4 is 5.32 Å². The maximum atomic E-state index is 9.65. The summed E-state index contributed by atoms with van der Waals surface area (Å²) in [6.45, 7) is 0.666. The number of ether oxygens (including phenoxy) is 1. The van der Waals surface area contributed by atoms with E-state index < -0.39 is 6.10 Å². The predicted octanol–water partition coefficient (Wildman–Crippen LogP) is 0.746. The van der Waals surface area contributed by atoms with E-state index in [9.17, 15) is 10.2 Å². The molecule has 0 radical (unpaired) electrons. The normalized spacial score (nSPS) is 11.9. The quantitative estimate of drug-likeness (QED) is 0.352. The first-order chi connectivity index (χ1) is 7.15. The van der Waals surface area contributed by atoms with Gasteiger partial charge in [-0.2, -0.15) is 0 Å². The third-order valence-corrected chi connectivity index (χ3v) is 1.97. The molecule has 0 fully saturated rings. The van der Waals surface area contributed by atoms with Crippen LogP contribution in [0.3, 0.4) is 0 Å². The Hall–Kier alpha value is -1.01. The number of hydrogen-bond acceptors (Lipinski definition) is 5. The van der Waals surface area contributed by atoms with Crippen molar-refractivity contribution in [2.24, 2.45) is 0 Å². The fraction of sp³-hybridized carbons (Fsp3) is 0.400. The molecule has 16 heavy (non-hydrogen) atoms. The molecule has 0 aliphatic heterocycles. The first kappa shape index (κ1) is 15.0. The van der Waals surface area contributed by atoms with Gasteiger partial charge in [0, 0.05) is 13.7 Å². The van der Waals surface area contributed by atoms with Gasteiger partial charge in [-0.25, -0.2) is 0 Å².